The van der Waals surface area contributed by atoms with Crippen LogP contribution >= 0.6 is 11.3 Å². The molecule has 39 heavy (non-hydrogen) atoms. The van der Waals surface area contributed by atoms with Crippen molar-refractivity contribution in [1.29, 1.82) is 0 Å². The molecule has 0 saturated carbocycles. The number of nitrogens with zero attached hydrogens (tertiary/aromatic N) is 2. The van der Waals surface area contributed by atoms with E-state index in [1.54, 1.807) is 56.3 Å². The van der Waals surface area contributed by atoms with Gasteiger partial charge in [-0.15, -0.1) is 0 Å². The number of rotatable bonds is 8. The van der Waals surface area contributed by atoms with Crippen LogP contribution in [-0.2, 0) is 14.3 Å². The van der Waals surface area contributed by atoms with Crippen LogP contribution < -0.4 is 33.8 Å². The number of thiazole rings is 1. The monoisotopic (exact) mass is 552 g/mol. The Bertz CT molecular complexity index is 1650. The lowest BCUT2D eigenvalue weighted by Gasteiger charge is -2.25. The second-order valence-corrected chi connectivity index (χ2v) is 9.43. The molecule has 1 atom stereocenters. The van der Waals surface area contributed by atoms with Crippen molar-refractivity contribution in [3.63, 3.8) is 0 Å². The van der Waals surface area contributed by atoms with E-state index in [4.69, 9.17) is 23.7 Å². The number of aromatic nitrogens is 1. The highest BCUT2D eigenvalue weighted by Gasteiger charge is 2.34. The van der Waals surface area contributed by atoms with Gasteiger partial charge in [-0.1, -0.05) is 23.5 Å². The lowest BCUT2D eigenvalue weighted by Crippen LogP contribution is -2.39. The zero-order valence-electron chi connectivity index (χ0n) is 22.4. The van der Waals surface area contributed by atoms with Crippen molar-refractivity contribution in [2.24, 2.45) is 4.99 Å². The highest BCUT2D eigenvalue weighted by atomic mass is 32.1. The first kappa shape index (κ1) is 27.6. The van der Waals surface area contributed by atoms with Gasteiger partial charge in [0.2, 0.25) is 0 Å². The van der Waals surface area contributed by atoms with Gasteiger partial charge in [0.25, 0.3) is 5.56 Å². The van der Waals surface area contributed by atoms with Crippen LogP contribution in [-0.4, -0.2) is 44.4 Å². The molecule has 0 amide bonds. The number of hydrogen-bond donors (Lipinski definition) is 0. The van der Waals surface area contributed by atoms with Crippen LogP contribution in [0, 0.1) is 0 Å². The second-order valence-electron chi connectivity index (χ2n) is 8.42. The van der Waals surface area contributed by atoms with E-state index in [-0.39, 0.29) is 23.5 Å². The molecule has 0 bridgehead atoms. The van der Waals surface area contributed by atoms with E-state index in [0.717, 1.165) is 0 Å². The molecule has 3 aromatic rings. The highest BCUT2D eigenvalue weighted by Crippen LogP contribution is 2.36. The molecule has 1 aliphatic heterocycles. The summed E-state index contributed by atoms with van der Waals surface area (Å²) < 4.78 is 28.6. The maximum atomic E-state index is 13.8. The van der Waals surface area contributed by atoms with E-state index in [2.05, 4.69) is 4.99 Å². The third-order valence-electron chi connectivity index (χ3n) is 5.98. The number of carbonyl (C=O) groups is 2. The molecule has 1 aliphatic rings. The zero-order valence-corrected chi connectivity index (χ0v) is 23.2. The van der Waals surface area contributed by atoms with Crippen molar-refractivity contribution >= 4 is 29.4 Å². The second kappa shape index (κ2) is 11.6. The Kier molecular flexibility index (Phi) is 8.20. The molecule has 11 heteroatoms. The van der Waals surface area contributed by atoms with Crippen LogP contribution in [0.15, 0.2) is 57.5 Å². The van der Waals surface area contributed by atoms with Gasteiger partial charge in [-0.2, -0.15) is 0 Å². The van der Waals surface area contributed by atoms with E-state index in [0.29, 0.717) is 43.4 Å². The van der Waals surface area contributed by atoms with Gasteiger partial charge in [-0.25, -0.2) is 9.79 Å². The molecule has 2 heterocycles. The Hall–Kier alpha value is -4.38. The molecular formula is C28H28N2O8S. The first-order valence-corrected chi connectivity index (χ1v) is 12.8. The lowest BCUT2D eigenvalue weighted by atomic mass is 9.95. The van der Waals surface area contributed by atoms with Crippen molar-refractivity contribution < 1.29 is 33.3 Å². The maximum Gasteiger partial charge on any atom is 0.338 e. The smallest absolute Gasteiger partial charge is 0.338 e. The third kappa shape index (κ3) is 5.44. The summed E-state index contributed by atoms with van der Waals surface area (Å²) in [6, 6.07) is 9.40. The summed E-state index contributed by atoms with van der Waals surface area (Å²) in [5, 5.41) is 0. The van der Waals surface area contributed by atoms with Gasteiger partial charge in [0, 0.05) is 6.92 Å². The fraction of sp³-hybridized carbons (Fsp3) is 0.286. The molecule has 10 nitrogen and oxygen atoms in total. The molecule has 2 aromatic carbocycles. The van der Waals surface area contributed by atoms with Crippen LogP contribution in [0.5, 0.6) is 23.0 Å². The maximum absolute atomic E-state index is 13.8. The van der Waals surface area contributed by atoms with E-state index >= 15 is 0 Å². The predicted molar refractivity (Wildman–Crippen MR) is 144 cm³/mol. The Morgan fingerprint density at radius 3 is 2.31 bits per heavy atom. The Morgan fingerprint density at radius 2 is 1.67 bits per heavy atom. The molecule has 1 unspecified atom stereocenters. The lowest BCUT2D eigenvalue weighted by molar-refractivity contribution is -0.139. The molecule has 0 spiro atoms. The van der Waals surface area contributed by atoms with Crippen molar-refractivity contribution in [1.82, 2.24) is 4.57 Å². The van der Waals surface area contributed by atoms with Crippen molar-refractivity contribution in [2.75, 3.05) is 27.9 Å². The topological polar surface area (TPSA) is 115 Å². The summed E-state index contributed by atoms with van der Waals surface area (Å²) in [5.41, 5.74) is 1.65. The minimum absolute atomic E-state index is 0.170. The van der Waals surface area contributed by atoms with E-state index in [1.165, 1.54) is 44.2 Å². The summed E-state index contributed by atoms with van der Waals surface area (Å²) >= 11 is 1.19. The number of fused-ring (bicyclic) bond motifs is 1. The summed E-state index contributed by atoms with van der Waals surface area (Å²) in [4.78, 5) is 43.3. The van der Waals surface area contributed by atoms with E-state index in [1.807, 2.05) is 0 Å². The van der Waals surface area contributed by atoms with Gasteiger partial charge in [-0.05, 0) is 55.3 Å². The Labute approximate surface area is 228 Å². The van der Waals surface area contributed by atoms with E-state index < -0.39 is 18.0 Å². The Balaban J connectivity index is 1.92. The summed E-state index contributed by atoms with van der Waals surface area (Å²) in [7, 11) is 4.51. The largest absolute Gasteiger partial charge is 0.493 e. The number of ether oxygens (including phenoxy) is 5. The van der Waals surface area contributed by atoms with Gasteiger partial charge >= 0.3 is 11.9 Å². The molecule has 0 N–H and O–H groups in total. The van der Waals surface area contributed by atoms with Crippen molar-refractivity contribution in [3.05, 3.63) is 78.5 Å². The first-order chi connectivity index (χ1) is 18.7. The van der Waals surface area contributed by atoms with Gasteiger partial charge in [0.1, 0.15) is 0 Å². The number of esters is 2. The van der Waals surface area contributed by atoms with Gasteiger partial charge < -0.3 is 23.7 Å². The van der Waals surface area contributed by atoms with Crippen LogP contribution in [0.2, 0.25) is 0 Å². The minimum atomic E-state index is -0.803. The third-order valence-corrected chi connectivity index (χ3v) is 6.96. The highest BCUT2D eigenvalue weighted by molar-refractivity contribution is 7.07. The minimum Gasteiger partial charge on any atom is -0.493 e. The van der Waals surface area contributed by atoms with Crippen LogP contribution in [0.1, 0.15) is 37.9 Å². The molecular weight excluding hydrogens is 524 g/mol. The average Bonchev–Trinajstić information content (AvgIpc) is 3.21. The van der Waals surface area contributed by atoms with Crippen molar-refractivity contribution in [3.8, 4) is 23.0 Å². The average molecular weight is 553 g/mol. The number of hydrogen-bond acceptors (Lipinski definition) is 10. The van der Waals surface area contributed by atoms with Gasteiger partial charge in [0.05, 0.1) is 49.8 Å². The summed E-state index contributed by atoms with van der Waals surface area (Å²) in [6.07, 6.45) is 1.69. The van der Waals surface area contributed by atoms with Gasteiger partial charge in [-0.3, -0.25) is 14.2 Å². The van der Waals surface area contributed by atoms with Gasteiger partial charge in [0.15, 0.2) is 27.8 Å². The molecule has 204 valence electrons. The first-order valence-electron chi connectivity index (χ1n) is 12.0. The molecule has 4 rings (SSSR count). The number of benzene rings is 2. The SMILES string of the molecule is CCOC(=O)C1=C(C)N=c2s/c(=C\c3ccc(OC(C)=O)c(OC)c3)c(=O)n2C1c1ccc(OC)c(OC)c1. The Morgan fingerprint density at radius 1 is 1.00 bits per heavy atom. The number of methoxy groups -OCH3 is 3. The fourth-order valence-electron chi connectivity index (χ4n) is 4.29. The normalized spacial score (nSPS) is 14.8. The summed E-state index contributed by atoms with van der Waals surface area (Å²) in [6.45, 7) is 4.91. The zero-order chi connectivity index (χ0) is 28.3. The summed E-state index contributed by atoms with van der Waals surface area (Å²) in [5.74, 6) is 0.547. The molecule has 0 radical (unpaired) electrons. The predicted octanol–water partition coefficient (Wildman–Crippen LogP) is 2.75. The molecule has 0 fully saturated rings. The molecule has 0 saturated heterocycles. The van der Waals surface area contributed by atoms with Crippen LogP contribution in [0.25, 0.3) is 6.08 Å². The number of allylic oxidation sites excluding steroid dienone is 1. The standard InChI is InChI=1S/C28H28N2O8S/c1-7-37-27(33)24-15(2)29-28-30(25(24)18-9-11-19(34-4)22(14-18)36-6)26(32)23(39-28)13-17-8-10-20(38-16(3)31)21(12-17)35-5/h8-14,25H,7H2,1-6H3/b23-13-. The van der Waals surface area contributed by atoms with Crippen LogP contribution in [0.4, 0.5) is 0 Å². The van der Waals surface area contributed by atoms with Crippen molar-refractivity contribution in [2.45, 2.75) is 26.8 Å². The molecule has 0 aliphatic carbocycles. The molecule has 1 aromatic heterocycles. The van der Waals surface area contributed by atoms with Crippen LogP contribution in [0.3, 0.4) is 0 Å². The number of carbonyl (C=O) groups excluding carboxylic acids is 2. The fourth-order valence-corrected chi connectivity index (χ4v) is 5.34. The van der Waals surface area contributed by atoms with E-state index in [9.17, 15) is 14.4 Å². The quantitative estimate of drug-likeness (QED) is 0.310.